The highest BCUT2D eigenvalue weighted by Gasteiger charge is 2.18. The van der Waals surface area contributed by atoms with Gasteiger partial charge in [-0.05, 0) is 31.0 Å². The van der Waals surface area contributed by atoms with E-state index in [1.807, 2.05) is 18.5 Å². The Labute approximate surface area is 171 Å². The minimum Gasteiger partial charge on any atom is -0.375 e. The maximum absolute atomic E-state index is 5.62. The summed E-state index contributed by atoms with van der Waals surface area (Å²) in [6.45, 7) is 8.28. The van der Waals surface area contributed by atoms with Gasteiger partial charge in [-0.2, -0.15) is 0 Å². The van der Waals surface area contributed by atoms with Crippen molar-refractivity contribution in [3.63, 3.8) is 0 Å². The number of nitrogens with one attached hydrogen (secondary N) is 2. The quantitative estimate of drug-likeness (QED) is 0.547. The second-order valence-electron chi connectivity index (χ2n) is 6.83. The average molecular weight is 403 g/mol. The second-order valence-corrected chi connectivity index (χ2v) is 8.03. The van der Waals surface area contributed by atoms with Gasteiger partial charge in [0.2, 0.25) is 0 Å². The van der Waals surface area contributed by atoms with Gasteiger partial charge in [-0.15, -0.1) is 11.3 Å². The largest absolute Gasteiger partial charge is 0.375 e. The molecule has 1 unspecified atom stereocenters. The monoisotopic (exact) mass is 402 g/mol. The normalized spacial score (nSPS) is 17.6. The molecule has 8 heteroatoms. The molecule has 0 aromatic carbocycles. The molecule has 2 aromatic rings. The van der Waals surface area contributed by atoms with E-state index in [0.29, 0.717) is 6.54 Å². The van der Waals surface area contributed by atoms with Crippen LogP contribution in [0.25, 0.3) is 0 Å². The Hall–Kier alpha value is -2.19. The lowest BCUT2D eigenvalue weighted by atomic mass is 10.2. The number of hydrogen-bond donors (Lipinski definition) is 2. The van der Waals surface area contributed by atoms with E-state index in [1.54, 1.807) is 18.4 Å². The molecule has 0 radical (unpaired) electrons. The van der Waals surface area contributed by atoms with Crippen LogP contribution in [0.1, 0.15) is 29.3 Å². The highest BCUT2D eigenvalue weighted by Crippen LogP contribution is 2.16. The maximum atomic E-state index is 5.62. The first-order chi connectivity index (χ1) is 13.7. The lowest BCUT2D eigenvalue weighted by Crippen LogP contribution is -2.41. The minimum atomic E-state index is 0.242. The Morgan fingerprint density at radius 2 is 2.29 bits per heavy atom. The first kappa shape index (κ1) is 20.5. The van der Waals surface area contributed by atoms with Gasteiger partial charge in [-0.25, -0.2) is 9.97 Å². The van der Waals surface area contributed by atoms with E-state index in [2.05, 4.69) is 50.4 Å². The molecule has 1 fully saturated rings. The van der Waals surface area contributed by atoms with Crippen LogP contribution in [0.3, 0.4) is 0 Å². The number of hydrogen-bond acceptors (Lipinski definition) is 6. The van der Waals surface area contributed by atoms with Crippen LogP contribution in [0.4, 0.5) is 5.82 Å². The van der Waals surface area contributed by atoms with E-state index in [-0.39, 0.29) is 6.10 Å². The molecule has 0 saturated carbocycles. The van der Waals surface area contributed by atoms with Gasteiger partial charge in [0, 0.05) is 56.9 Å². The summed E-state index contributed by atoms with van der Waals surface area (Å²) in [4.78, 5) is 16.9. The lowest BCUT2D eigenvalue weighted by Gasteiger charge is -2.32. The van der Waals surface area contributed by atoms with Gasteiger partial charge in [0.1, 0.15) is 5.82 Å². The first-order valence-corrected chi connectivity index (χ1v) is 10.7. The van der Waals surface area contributed by atoms with Crippen molar-refractivity contribution in [2.24, 2.45) is 4.99 Å². The number of nitrogens with zero attached hydrogens (tertiary/aromatic N) is 4. The Balaban J connectivity index is 1.47. The molecule has 1 saturated heterocycles. The summed E-state index contributed by atoms with van der Waals surface area (Å²) in [6, 6.07) is 4.18. The van der Waals surface area contributed by atoms with Crippen LogP contribution in [0.15, 0.2) is 29.5 Å². The van der Waals surface area contributed by atoms with Crippen molar-refractivity contribution >= 4 is 23.1 Å². The van der Waals surface area contributed by atoms with Crippen molar-refractivity contribution in [3.05, 3.63) is 40.0 Å². The molecule has 0 aliphatic carbocycles. The lowest BCUT2D eigenvalue weighted by molar-refractivity contribution is 0.0529. The van der Waals surface area contributed by atoms with Gasteiger partial charge >= 0.3 is 0 Å². The van der Waals surface area contributed by atoms with Crippen LogP contribution in [0.5, 0.6) is 0 Å². The zero-order valence-corrected chi connectivity index (χ0v) is 17.8. The van der Waals surface area contributed by atoms with E-state index in [0.717, 1.165) is 50.9 Å². The highest BCUT2D eigenvalue weighted by molar-refractivity contribution is 7.11. The van der Waals surface area contributed by atoms with Gasteiger partial charge in [0.05, 0.1) is 17.7 Å². The summed E-state index contributed by atoms with van der Waals surface area (Å²) in [5, 5.41) is 7.91. The van der Waals surface area contributed by atoms with Crippen LogP contribution in [0, 0.1) is 0 Å². The van der Waals surface area contributed by atoms with E-state index in [4.69, 9.17) is 4.74 Å². The molecule has 0 spiro atoms. The predicted molar refractivity (Wildman–Crippen MR) is 115 cm³/mol. The van der Waals surface area contributed by atoms with Gasteiger partial charge < -0.3 is 20.3 Å². The van der Waals surface area contributed by atoms with Crippen molar-refractivity contribution in [1.82, 2.24) is 20.6 Å². The third-order valence-corrected chi connectivity index (χ3v) is 5.84. The number of morpholine rings is 1. The van der Waals surface area contributed by atoms with Gasteiger partial charge in [-0.1, -0.05) is 6.92 Å². The average Bonchev–Trinajstić information content (AvgIpc) is 3.19. The fourth-order valence-electron chi connectivity index (χ4n) is 3.09. The van der Waals surface area contributed by atoms with Crippen LogP contribution in [-0.2, 0) is 24.1 Å². The molecule has 7 nitrogen and oxygen atoms in total. The van der Waals surface area contributed by atoms with Gasteiger partial charge in [0.25, 0.3) is 0 Å². The number of aryl methyl sites for hydroxylation is 1. The Morgan fingerprint density at radius 3 is 3.04 bits per heavy atom. The van der Waals surface area contributed by atoms with Gasteiger partial charge in [0.15, 0.2) is 5.96 Å². The summed E-state index contributed by atoms with van der Waals surface area (Å²) >= 11 is 1.79. The number of rotatable bonds is 7. The van der Waals surface area contributed by atoms with Crippen molar-refractivity contribution in [3.8, 4) is 0 Å². The zero-order chi connectivity index (χ0) is 19.8. The van der Waals surface area contributed by atoms with Crippen molar-refractivity contribution in [1.29, 1.82) is 0 Å². The van der Waals surface area contributed by atoms with E-state index in [9.17, 15) is 0 Å². The topological polar surface area (TPSA) is 74.7 Å². The number of guanidine groups is 1. The molecule has 3 rings (SSSR count). The summed E-state index contributed by atoms with van der Waals surface area (Å²) in [6.07, 6.45) is 6.04. The number of aromatic nitrogens is 2. The van der Waals surface area contributed by atoms with Crippen LogP contribution >= 0.6 is 11.3 Å². The van der Waals surface area contributed by atoms with Gasteiger partial charge in [-0.3, -0.25) is 4.99 Å². The van der Waals surface area contributed by atoms with Crippen LogP contribution < -0.4 is 15.5 Å². The molecule has 2 aromatic heterocycles. The van der Waals surface area contributed by atoms with E-state index >= 15 is 0 Å². The molecule has 152 valence electrons. The second kappa shape index (κ2) is 10.4. The molecule has 0 amide bonds. The molecule has 0 bridgehead atoms. The molecule has 2 N–H and O–H groups in total. The Bertz CT molecular complexity index is 778. The molecule has 1 aliphatic rings. The van der Waals surface area contributed by atoms with Crippen LogP contribution in [-0.4, -0.2) is 55.3 Å². The Kier molecular flexibility index (Phi) is 7.62. The zero-order valence-electron chi connectivity index (χ0n) is 16.9. The number of aliphatic imine (C=N–C) groups is 1. The van der Waals surface area contributed by atoms with Crippen molar-refractivity contribution in [2.45, 2.75) is 39.3 Å². The molecular formula is C20H30N6OS. The van der Waals surface area contributed by atoms with E-state index < -0.39 is 0 Å². The highest BCUT2D eigenvalue weighted by atomic mass is 32.1. The SMILES string of the molecule is CCc1cnc(CCNC(=NC)NCc2ccnc(N3CCOC(C)C3)c2)s1. The van der Waals surface area contributed by atoms with Crippen molar-refractivity contribution in [2.75, 3.05) is 38.2 Å². The summed E-state index contributed by atoms with van der Waals surface area (Å²) in [7, 11) is 1.79. The Morgan fingerprint density at radius 1 is 1.39 bits per heavy atom. The minimum absolute atomic E-state index is 0.242. The fraction of sp³-hybridized carbons (Fsp3) is 0.550. The number of pyridine rings is 1. The predicted octanol–water partition coefficient (Wildman–Crippen LogP) is 2.23. The summed E-state index contributed by atoms with van der Waals surface area (Å²) in [5.74, 6) is 1.80. The molecule has 1 atom stereocenters. The van der Waals surface area contributed by atoms with Crippen LogP contribution in [0.2, 0.25) is 0 Å². The maximum Gasteiger partial charge on any atom is 0.191 e. The summed E-state index contributed by atoms with van der Waals surface area (Å²) in [5.41, 5.74) is 1.18. The molecule has 1 aliphatic heterocycles. The van der Waals surface area contributed by atoms with E-state index in [1.165, 1.54) is 15.4 Å². The first-order valence-electron chi connectivity index (χ1n) is 9.87. The number of anilines is 1. The smallest absolute Gasteiger partial charge is 0.191 e. The summed E-state index contributed by atoms with van der Waals surface area (Å²) < 4.78 is 5.62. The van der Waals surface area contributed by atoms with Crippen molar-refractivity contribution < 1.29 is 4.74 Å². The standard InChI is InChI=1S/C20H30N6OS/c1-4-17-13-24-19(28-17)6-8-23-20(21-3)25-12-16-5-7-22-18(11-16)26-9-10-27-15(2)14-26/h5,7,11,13,15H,4,6,8-10,12,14H2,1-3H3,(H2,21,23,25). The molecule has 28 heavy (non-hydrogen) atoms. The molecular weight excluding hydrogens is 372 g/mol. The molecule has 3 heterocycles. The number of thiazole rings is 1. The third-order valence-electron chi connectivity index (χ3n) is 4.64. The third kappa shape index (κ3) is 5.90. The fourth-order valence-corrected chi connectivity index (χ4v) is 3.95. The number of ether oxygens (including phenoxy) is 1.